The molecular formula is C17H16F3NO3. The molecule has 2 aromatic carbocycles. The minimum atomic E-state index is -1.72. The van der Waals surface area contributed by atoms with Gasteiger partial charge in [-0.15, -0.1) is 0 Å². The number of rotatable bonds is 6. The molecule has 1 amide bonds. The fourth-order valence-corrected chi connectivity index (χ4v) is 2.02. The Labute approximate surface area is 136 Å². The fraction of sp³-hybridized carbons (Fsp3) is 0.235. The van der Waals surface area contributed by atoms with Crippen LogP contribution in [-0.2, 0) is 10.4 Å². The van der Waals surface area contributed by atoms with Crippen LogP contribution < -0.4 is 10.1 Å². The van der Waals surface area contributed by atoms with Crippen molar-refractivity contribution in [3.8, 4) is 5.75 Å². The van der Waals surface area contributed by atoms with Gasteiger partial charge < -0.3 is 15.2 Å². The molecule has 0 fully saturated rings. The quantitative estimate of drug-likeness (QED) is 0.850. The zero-order valence-corrected chi connectivity index (χ0v) is 12.9. The van der Waals surface area contributed by atoms with E-state index in [-0.39, 0.29) is 18.7 Å². The topological polar surface area (TPSA) is 58.6 Å². The van der Waals surface area contributed by atoms with Gasteiger partial charge in [0.05, 0.1) is 6.54 Å². The summed E-state index contributed by atoms with van der Waals surface area (Å²) in [6.45, 7) is 0.652. The molecule has 4 nitrogen and oxygen atoms in total. The lowest BCUT2D eigenvalue weighted by Gasteiger charge is -2.24. The molecule has 128 valence electrons. The molecule has 0 saturated heterocycles. The number of hydrogen-bond acceptors (Lipinski definition) is 3. The number of ether oxygens (including phenoxy) is 1. The van der Waals surface area contributed by atoms with Gasteiger partial charge in [0.2, 0.25) is 0 Å². The maximum atomic E-state index is 13.7. The van der Waals surface area contributed by atoms with E-state index in [1.165, 1.54) is 31.2 Å². The van der Waals surface area contributed by atoms with Gasteiger partial charge in [-0.2, -0.15) is 0 Å². The van der Waals surface area contributed by atoms with Crippen molar-refractivity contribution in [3.05, 3.63) is 65.5 Å². The van der Waals surface area contributed by atoms with Crippen LogP contribution in [0.15, 0.2) is 42.5 Å². The van der Waals surface area contributed by atoms with E-state index in [1.54, 1.807) is 0 Å². The number of carbonyl (C=O) groups excluding carboxylic acids is 1. The van der Waals surface area contributed by atoms with Crippen LogP contribution in [0.1, 0.15) is 12.5 Å². The zero-order chi connectivity index (χ0) is 17.7. The first-order chi connectivity index (χ1) is 11.3. The smallest absolute Gasteiger partial charge is 0.258 e. The molecule has 0 spiro atoms. The van der Waals surface area contributed by atoms with Gasteiger partial charge in [-0.05, 0) is 37.3 Å². The van der Waals surface area contributed by atoms with Crippen molar-refractivity contribution >= 4 is 5.91 Å². The van der Waals surface area contributed by atoms with Crippen LogP contribution in [0.5, 0.6) is 5.75 Å². The van der Waals surface area contributed by atoms with E-state index in [0.717, 1.165) is 12.1 Å². The summed E-state index contributed by atoms with van der Waals surface area (Å²) in [6, 6.07) is 7.91. The fourth-order valence-electron chi connectivity index (χ4n) is 2.02. The Balaban J connectivity index is 1.89. The Hall–Kier alpha value is -2.54. The summed E-state index contributed by atoms with van der Waals surface area (Å²) < 4.78 is 44.5. The summed E-state index contributed by atoms with van der Waals surface area (Å²) in [5.41, 5.74) is -1.85. The SMILES string of the molecule is CC(O)(CNC(=O)COc1ccc(F)cc1)c1ccc(F)cc1F. The Kier molecular flexibility index (Phi) is 5.46. The Bertz CT molecular complexity index is 718. The van der Waals surface area contributed by atoms with Crippen molar-refractivity contribution in [1.82, 2.24) is 5.32 Å². The maximum absolute atomic E-state index is 13.7. The molecule has 0 aromatic heterocycles. The van der Waals surface area contributed by atoms with Gasteiger partial charge in [-0.3, -0.25) is 4.79 Å². The van der Waals surface area contributed by atoms with Gasteiger partial charge in [-0.25, -0.2) is 13.2 Å². The second-order valence-corrected chi connectivity index (χ2v) is 5.42. The van der Waals surface area contributed by atoms with Crippen LogP contribution in [0.3, 0.4) is 0 Å². The maximum Gasteiger partial charge on any atom is 0.258 e. The van der Waals surface area contributed by atoms with Crippen molar-refractivity contribution in [3.63, 3.8) is 0 Å². The van der Waals surface area contributed by atoms with Crippen molar-refractivity contribution < 1.29 is 27.8 Å². The molecular weight excluding hydrogens is 323 g/mol. The molecule has 0 aliphatic heterocycles. The monoisotopic (exact) mass is 339 g/mol. The van der Waals surface area contributed by atoms with Crippen LogP contribution in [0.2, 0.25) is 0 Å². The first-order valence-electron chi connectivity index (χ1n) is 7.11. The number of benzene rings is 2. The number of halogens is 3. The van der Waals surface area contributed by atoms with E-state index in [1.807, 2.05) is 0 Å². The molecule has 2 rings (SSSR count). The van der Waals surface area contributed by atoms with Gasteiger partial charge in [-0.1, -0.05) is 6.07 Å². The molecule has 2 N–H and O–H groups in total. The molecule has 7 heteroatoms. The molecule has 0 heterocycles. The molecule has 0 saturated carbocycles. The predicted molar refractivity (Wildman–Crippen MR) is 80.8 cm³/mol. The van der Waals surface area contributed by atoms with E-state index in [2.05, 4.69) is 5.32 Å². The summed E-state index contributed by atoms with van der Waals surface area (Å²) in [5.74, 6) is -2.34. The Morgan fingerprint density at radius 1 is 1.12 bits per heavy atom. The highest BCUT2D eigenvalue weighted by molar-refractivity contribution is 5.77. The minimum absolute atomic E-state index is 0.136. The van der Waals surface area contributed by atoms with Crippen LogP contribution >= 0.6 is 0 Å². The van der Waals surface area contributed by atoms with Crippen molar-refractivity contribution in [1.29, 1.82) is 0 Å². The highest BCUT2D eigenvalue weighted by Gasteiger charge is 2.27. The molecule has 0 radical (unpaired) electrons. The standard InChI is InChI=1S/C17H16F3NO3/c1-17(23,14-7-4-12(19)8-15(14)20)10-21-16(22)9-24-13-5-2-11(18)3-6-13/h2-8,23H,9-10H2,1H3,(H,21,22). The normalized spacial score (nSPS) is 13.2. The van der Waals surface area contributed by atoms with Gasteiger partial charge in [0, 0.05) is 11.6 Å². The third kappa shape index (κ3) is 4.73. The van der Waals surface area contributed by atoms with E-state index in [4.69, 9.17) is 4.74 Å². The molecule has 0 aliphatic carbocycles. The largest absolute Gasteiger partial charge is 0.484 e. The first-order valence-corrected chi connectivity index (χ1v) is 7.11. The van der Waals surface area contributed by atoms with E-state index >= 15 is 0 Å². The van der Waals surface area contributed by atoms with Crippen LogP contribution in [0.25, 0.3) is 0 Å². The second kappa shape index (κ2) is 7.35. The van der Waals surface area contributed by atoms with Gasteiger partial charge in [0.25, 0.3) is 5.91 Å². The lowest BCUT2D eigenvalue weighted by molar-refractivity contribution is -0.124. The molecule has 1 atom stereocenters. The lowest BCUT2D eigenvalue weighted by atomic mass is 9.95. The summed E-state index contributed by atoms with van der Waals surface area (Å²) in [4.78, 5) is 11.7. The summed E-state index contributed by atoms with van der Waals surface area (Å²) in [5, 5.41) is 12.7. The lowest BCUT2D eigenvalue weighted by Crippen LogP contribution is -2.41. The van der Waals surface area contributed by atoms with Crippen LogP contribution in [-0.4, -0.2) is 24.2 Å². The van der Waals surface area contributed by atoms with Crippen molar-refractivity contribution in [2.45, 2.75) is 12.5 Å². The van der Waals surface area contributed by atoms with E-state index in [9.17, 15) is 23.1 Å². The number of nitrogens with one attached hydrogen (secondary N) is 1. The number of hydrogen-bond donors (Lipinski definition) is 2. The third-order valence-corrected chi connectivity index (χ3v) is 3.32. The molecule has 2 aromatic rings. The van der Waals surface area contributed by atoms with E-state index in [0.29, 0.717) is 11.8 Å². The van der Waals surface area contributed by atoms with Gasteiger partial charge in [0.1, 0.15) is 28.8 Å². The third-order valence-electron chi connectivity index (χ3n) is 3.32. The van der Waals surface area contributed by atoms with Crippen LogP contribution in [0.4, 0.5) is 13.2 Å². The highest BCUT2D eigenvalue weighted by Crippen LogP contribution is 2.23. The average molecular weight is 339 g/mol. The Morgan fingerprint density at radius 2 is 1.75 bits per heavy atom. The predicted octanol–water partition coefficient (Wildman–Crippen LogP) is 2.51. The second-order valence-electron chi connectivity index (χ2n) is 5.42. The first kappa shape index (κ1) is 17.8. The highest BCUT2D eigenvalue weighted by atomic mass is 19.1. The van der Waals surface area contributed by atoms with Gasteiger partial charge >= 0.3 is 0 Å². The van der Waals surface area contributed by atoms with E-state index < -0.39 is 29.0 Å². The zero-order valence-electron chi connectivity index (χ0n) is 12.9. The summed E-state index contributed by atoms with van der Waals surface area (Å²) in [6.07, 6.45) is 0. The summed E-state index contributed by atoms with van der Waals surface area (Å²) in [7, 11) is 0. The number of carbonyl (C=O) groups is 1. The molecule has 1 unspecified atom stereocenters. The number of aliphatic hydroxyl groups is 1. The molecule has 0 bridgehead atoms. The number of amides is 1. The van der Waals surface area contributed by atoms with Gasteiger partial charge in [0.15, 0.2) is 6.61 Å². The van der Waals surface area contributed by atoms with Crippen molar-refractivity contribution in [2.24, 2.45) is 0 Å². The summed E-state index contributed by atoms with van der Waals surface area (Å²) >= 11 is 0. The molecule has 0 aliphatic rings. The molecule has 24 heavy (non-hydrogen) atoms. The average Bonchev–Trinajstić information content (AvgIpc) is 2.52. The minimum Gasteiger partial charge on any atom is -0.484 e. The van der Waals surface area contributed by atoms with Crippen LogP contribution in [0, 0.1) is 17.5 Å². The van der Waals surface area contributed by atoms with Crippen molar-refractivity contribution in [2.75, 3.05) is 13.2 Å². The Morgan fingerprint density at radius 3 is 2.38 bits per heavy atom.